The lowest BCUT2D eigenvalue weighted by atomic mass is 10.2. The summed E-state index contributed by atoms with van der Waals surface area (Å²) in [6, 6.07) is 1.12. The molecule has 0 aromatic carbocycles. The van der Waals surface area contributed by atoms with Crippen molar-refractivity contribution in [3.8, 4) is 0 Å². The average Bonchev–Trinajstić information content (AvgIpc) is 2.16. The molecule has 0 aliphatic heterocycles. The highest BCUT2D eigenvalue weighted by atomic mass is 19.1. The van der Waals surface area contributed by atoms with Gasteiger partial charge >= 0.3 is 5.97 Å². The molecule has 0 atom stereocenters. The smallest absolute Gasteiger partial charge is 0.379 e. The number of esters is 1. The summed E-state index contributed by atoms with van der Waals surface area (Å²) in [5, 5.41) is 0. The van der Waals surface area contributed by atoms with Gasteiger partial charge in [0.1, 0.15) is 0 Å². The standard InChI is InChI=1S/C8H6FNO3/c1-13-8(12)7(11)5-2-3-10-4-6(5)9/h2-4H,1H3. The first kappa shape index (κ1) is 9.31. The molecule has 0 aliphatic rings. The molecule has 0 radical (unpaired) electrons. The van der Waals surface area contributed by atoms with Gasteiger partial charge in [-0.15, -0.1) is 0 Å². The second-order valence-electron chi connectivity index (χ2n) is 2.18. The van der Waals surface area contributed by atoms with Crippen LogP contribution in [0.25, 0.3) is 0 Å². The van der Waals surface area contributed by atoms with Crippen LogP contribution in [0.15, 0.2) is 18.5 Å². The van der Waals surface area contributed by atoms with Gasteiger partial charge in [0.15, 0.2) is 5.82 Å². The molecule has 0 bridgehead atoms. The summed E-state index contributed by atoms with van der Waals surface area (Å²) in [6.07, 6.45) is 2.08. The Morgan fingerprint density at radius 1 is 1.54 bits per heavy atom. The van der Waals surface area contributed by atoms with Gasteiger partial charge in [-0.05, 0) is 6.07 Å². The Labute approximate surface area is 73.3 Å². The van der Waals surface area contributed by atoms with Crippen molar-refractivity contribution < 1.29 is 18.7 Å². The minimum Gasteiger partial charge on any atom is -0.463 e. The third kappa shape index (κ3) is 1.87. The van der Waals surface area contributed by atoms with Gasteiger partial charge < -0.3 is 4.74 Å². The zero-order valence-corrected chi connectivity index (χ0v) is 6.78. The van der Waals surface area contributed by atoms with E-state index in [0.29, 0.717) is 0 Å². The van der Waals surface area contributed by atoms with Crippen LogP contribution in [0.1, 0.15) is 10.4 Å². The van der Waals surface area contributed by atoms with E-state index in [1.165, 1.54) is 6.20 Å². The van der Waals surface area contributed by atoms with Gasteiger partial charge in [0, 0.05) is 6.20 Å². The zero-order valence-electron chi connectivity index (χ0n) is 6.78. The first-order valence-corrected chi connectivity index (χ1v) is 3.39. The van der Waals surface area contributed by atoms with E-state index in [1.807, 2.05) is 0 Å². The molecule has 1 rings (SSSR count). The Bertz CT molecular complexity index is 351. The molecule has 0 N–H and O–H groups in total. The van der Waals surface area contributed by atoms with Crippen molar-refractivity contribution in [3.05, 3.63) is 29.8 Å². The van der Waals surface area contributed by atoms with Crippen LogP contribution in [0.2, 0.25) is 0 Å². The van der Waals surface area contributed by atoms with E-state index in [4.69, 9.17) is 0 Å². The predicted octanol–water partition coefficient (Wildman–Crippen LogP) is 0.576. The number of hydrogen-bond donors (Lipinski definition) is 0. The molecular formula is C8H6FNO3. The summed E-state index contributed by atoms with van der Waals surface area (Å²) in [7, 11) is 1.05. The van der Waals surface area contributed by atoms with Crippen LogP contribution in [-0.4, -0.2) is 23.8 Å². The van der Waals surface area contributed by atoms with Crippen LogP contribution in [0, 0.1) is 5.82 Å². The van der Waals surface area contributed by atoms with Crippen LogP contribution in [0.4, 0.5) is 4.39 Å². The Morgan fingerprint density at radius 2 is 2.23 bits per heavy atom. The normalized spacial score (nSPS) is 9.38. The molecule has 68 valence electrons. The molecule has 4 nitrogen and oxygen atoms in total. The lowest BCUT2D eigenvalue weighted by Crippen LogP contribution is -2.17. The van der Waals surface area contributed by atoms with Gasteiger partial charge in [-0.25, -0.2) is 9.18 Å². The topological polar surface area (TPSA) is 56.3 Å². The summed E-state index contributed by atoms with van der Waals surface area (Å²) in [5.41, 5.74) is -0.332. The number of Topliss-reactive ketones (excluding diaryl/α,β-unsaturated/α-hetero) is 1. The van der Waals surface area contributed by atoms with E-state index in [9.17, 15) is 14.0 Å². The maximum absolute atomic E-state index is 12.8. The molecule has 5 heteroatoms. The Hall–Kier alpha value is -1.78. The Balaban J connectivity index is 3.02. The molecule has 0 spiro atoms. The number of methoxy groups -OCH3 is 1. The lowest BCUT2D eigenvalue weighted by Gasteiger charge is -1.98. The van der Waals surface area contributed by atoms with Crippen molar-refractivity contribution in [1.29, 1.82) is 0 Å². The minimum atomic E-state index is -1.09. The number of carbonyl (C=O) groups is 2. The largest absolute Gasteiger partial charge is 0.463 e. The van der Waals surface area contributed by atoms with Crippen molar-refractivity contribution in [1.82, 2.24) is 4.98 Å². The third-order valence-electron chi connectivity index (χ3n) is 1.39. The van der Waals surface area contributed by atoms with Crippen LogP contribution < -0.4 is 0 Å². The fourth-order valence-corrected chi connectivity index (χ4v) is 0.762. The van der Waals surface area contributed by atoms with Crippen LogP contribution >= 0.6 is 0 Å². The molecule has 0 saturated heterocycles. The average molecular weight is 183 g/mol. The number of aromatic nitrogens is 1. The number of ether oxygens (including phenoxy) is 1. The van der Waals surface area contributed by atoms with Gasteiger partial charge in [-0.1, -0.05) is 0 Å². The van der Waals surface area contributed by atoms with Crippen LogP contribution in [0.3, 0.4) is 0 Å². The summed E-state index contributed by atoms with van der Waals surface area (Å²) in [4.78, 5) is 25.2. The van der Waals surface area contributed by atoms with Gasteiger partial charge in [0.2, 0.25) is 0 Å². The fraction of sp³-hybridized carbons (Fsp3) is 0.125. The second kappa shape index (κ2) is 3.75. The fourth-order valence-electron chi connectivity index (χ4n) is 0.762. The van der Waals surface area contributed by atoms with E-state index in [0.717, 1.165) is 19.4 Å². The highest BCUT2D eigenvalue weighted by Crippen LogP contribution is 2.05. The van der Waals surface area contributed by atoms with Gasteiger partial charge in [0.25, 0.3) is 5.78 Å². The number of pyridine rings is 1. The first-order chi connectivity index (χ1) is 6.16. The highest BCUT2D eigenvalue weighted by molar-refractivity contribution is 6.40. The van der Waals surface area contributed by atoms with Crippen LogP contribution in [-0.2, 0) is 9.53 Å². The number of carbonyl (C=O) groups excluding carboxylic acids is 2. The van der Waals surface area contributed by atoms with E-state index < -0.39 is 17.6 Å². The summed E-state index contributed by atoms with van der Waals surface area (Å²) >= 11 is 0. The van der Waals surface area contributed by atoms with Gasteiger partial charge in [0.05, 0.1) is 18.9 Å². The Morgan fingerprint density at radius 3 is 2.77 bits per heavy atom. The monoisotopic (exact) mass is 183 g/mol. The zero-order chi connectivity index (χ0) is 9.84. The highest BCUT2D eigenvalue weighted by Gasteiger charge is 2.19. The molecule has 0 amide bonds. The van der Waals surface area contributed by atoms with Crippen LogP contribution in [0.5, 0.6) is 0 Å². The van der Waals surface area contributed by atoms with E-state index in [2.05, 4.69) is 9.72 Å². The third-order valence-corrected chi connectivity index (χ3v) is 1.39. The molecule has 0 unspecified atom stereocenters. The van der Waals surface area contributed by atoms with Crippen molar-refractivity contribution in [2.24, 2.45) is 0 Å². The number of nitrogens with zero attached hydrogens (tertiary/aromatic N) is 1. The molecule has 0 saturated carbocycles. The SMILES string of the molecule is COC(=O)C(=O)c1ccncc1F. The minimum absolute atomic E-state index is 0.332. The summed E-state index contributed by atoms with van der Waals surface area (Å²) < 4.78 is 17.0. The molecule has 0 aliphatic carbocycles. The lowest BCUT2D eigenvalue weighted by molar-refractivity contribution is -0.135. The summed E-state index contributed by atoms with van der Waals surface area (Å²) in [5.74, 6) is -2.94. The van der Waals surface area contributed by atoms with E-state index in [1.54, 1.807) is 0 Å². The predicted molar refractivity (Wildman–Crippen MR) is 40.5 cm³/mol. The van der Waals surface area contributed by atoms with Crippen molar-refractivity contribution in [3.63, 3.8) is 0 Å². The molecule has 1 heterocycles. The number of rotatable bonds is 2. The van der Waals surface area contributed by atoms with E-state index >= 15 is 0 Å². The van der Waals surface area contributed by atoms with Crippen molar-refractivity contribution >= 4 is 11.8 Å². The number of halogens is 1. The first-order valence-electron chi connectivity index (χ1n) is 3.39. The molecule has 0 fully saturated rings. The van der Waals surface area contributed by atoms with Gasteiger partial charge in [-0.2, -0.15) is 0 Å². The Kier molecular flexibility index (Phi) is 2.69. The second-order valence-corrected chi connectivity index (χ2v) is 2.18. The molecule has 1 aromatic heterocycles. The number of hydrogen-bond acceptors (Lipinski definition) is 4. The maximum atomic E-state index is 12.8. The van der Waals surface area contributed by atoms with Crippen molar-refractivity contribution in [2.75, 3.05) is 7.11 Å². The molecule has 13 heavy (non-hydrogen) atoms. The van der Waals surface area contributed by atoms with Gasteiger partial charge in [-0.3, -0.25) is 9.78 Å². The molecular weight excluding hydrogens is 177 g/mol. The van der Waals surface area contributed by atoms with E-state index in [-0.39, 0.29) is 5.56 Å². The molecule has 1 aromatic rings. The number of ketones is 1. The quantitative estimate of drug-likeness (QED) is 0.382. The summed E-state index contributed by atoms with van der Waals surface area (Å²) in [6.45, 7) is 0. The maximum Gasteiger partial charge on any atom is 0.379 e. The van der Waals surface area contributed by atoms with Crippen molar-refractivity contribution in [2.45, 2.75) is 0 Å².